The first-order valence-electron chi connectivity index (χ1n) is 12.4. The van der Waals surface area contributed by atoms with Gasteiger partial charge in [-0.05, 0) is 55.3 Å². The number of hydrogen-bond acceptors (Lipinski definition) is 5. The molecule has 1 N–H and O–H groups in total. The van der Waals surface area contributed by atoms with Crippen molar-refractivity contribution in [1.82, 2.24) is 15.1 Å². The number of ether oxygens (including phenoxy) is 2. The third kappa shape index (κ3) is 7.82. The second-order valence-electron chi connectivity index (χ2n) is 8.42. The van der Waals surface area contributed by atoms with E-state index < -0.39 is 5.91 Å². The minimum absolute atomic E-state index is 0.0216. The van der Waals surface area contributed by atoms with Gasteiger partial charge in [-0.15, -0.1) is 0 Å². The molecule has 0 aliphatic rings. The van der Waals surface area contributed by atoms with Crippen LogP contribution in [0.15, 0.2) is 66.4 Å². The van der Waals surface area contributed by atoms with Crippen LogP contribution < -0.4 is 10.1 Å². The maximum absolute atomic E-state index is 12.6. The summed E-state index contributed by atoms with van der Waals surface area (Å²) in [4.78, 5) is 12.6. The van der Waals surface area contributed by atoms with E-state index in [0.717, 1.165) is 23.4 Å². The van der Waals surface area contributed by atoms with Gasteiger partial charge in [0.2, 0.25) is 0 Å². The zero-order valence-corrected chi connectivity index (χ0v) is 21.1. The lowest BCUT2D eigenvalue weighted by Gasteiger charge is -2.07. The third-order valence-corrected chi connectivity index (χ3v) is 5.63. The molecule has 0 bridgehead atoms. The number of nitrogens with zero attached hydrogens (tertiary/aromatic N) is 3. The van der Waals surface area contributed by atoms with E-state index in [0.29, 0.717) is 37.4 Å². The van der Waals surface area contributed by atoms with Crippen molar-refractivity contribution in [2.45, 2.75) is 39.0 Å². The van der Waals surface area contributed by atoms with Gasteiger partial charge in [-0.25, -0.2) is 4.68 Å². The number of benzene rings is 2. The number of methoxy groups -OCH3 is 1. The Morgan fingerprint density at radius 2 is 1.83 bits per heavy atom. The first kappa shape index (κ1) is 26.7. The van der Waals surface area contributed by atoms with Crippen molar-refractivity contribution in [3.05, 3.63) is 71.9 Å². The smallest absolute Gasteiger partial charge is 0.261 e. The van der Waals surface area contributed by atoms with E-state index in [9.17, 15) is 10.1 Å². The van der Waals surface area contributed by atoms with Gasteiger partial charge in [-0.2, -0.15) is 10.4 Å². The highest BCUT2D eigenvalue weighted by Gasteiger charge is 2.15. The summed E-state index contributed by atoms with van der Waals surface area (Å²) in [5, 5.41) is 17.2. The van der Waals surface area contributed by atoms with Crippen LogP contribution in [0.25, 0.3) is 23.0 Å². The summed E-state index contributed by atoms with van der Waals surface area (Å²) in [5.74, 6) is 0.391. The standard InChI is InChI=1S/C29H34N4O3/c1-3-4-5-9-19-36-27-15-13-23(14-16-27)28-25(22-33(32-28)26-11-7-6-8-12-26)20-24(21-30)29(34)31-17-10-18-35-2/h6-8,11-16,20,22H,3-5,9-10,17-19H2,1-2H3,(H,31,34). The van der Waals surface area contributed by atoms with E-state index in [4.69, 9.17) is 14.6 Å². The number of nitriles is 1. The second-order valence-corrected chi connectivity index (χ2v) is 8.42. The Morgan fingerprint density at radius 3 is 2.53 bits per heavy atom. The molecule has 0 aliphatic heterocycles. The van der Waals surface area contributed by atoms with Crippen molar-refractivity contribution in [3.8, 4) is 28.8 Å². The molecule has 0 spiro atoms. The highest BCUT2D eigenvalue weighted by molar-refractivity contribution is 6.02. The number of hydrogen-bond donors (Lipinski definition) is 1. The van der Waals surface area contributed by atoms with Crippen molar-refractivity contribution in [3.63, 3.8) is 0 Å². The summed E-state index contributed by atoms with van der Waals surface area (Å²) in [5.41, 5.74) is 3.12. The number of unbranched alkanes of at least 4 members (excludes halogenated alkanes) is 3. The van der Waals surface area contributed by atoms with Gasteiger partial charge < -0.3 is 14.8 Å². The highest BCUT2D eigenvalue weighted by atomic mass is 16.5. The van der Waals surface area contributed by atoms with Crippen LogP contribution in [0.4, 0.5) is 0 Å². The van der Waals surface area contributed by atoms with Gasteiger partial charge in [0.25, 0.3) is 5.91 Å². The van der Waals surface area contributed by atoms with Gasteiger partial charge in [0.15, 0.2) is 0 Å². The molecule has 188 valence electrons. The number of carbonyl (C=O) groups is 1. The lowest BCUT2D eigenvalue weighted by molar-refractivity contribution is -0.117. The zero-order valence-electron chi connectivity index (χ0n) is 21.1. The van der Waals surface area contributed by atoms with E-state index in [1.165, 1.54) is 19.3 Å². The molecule has 7 nitrogen and oxygen atoms in total. The van der Waals surface area contributed by atoms with E-state index >= 15 is 0 Å². The fourth-order valence-electron chi connectivity index (χ4n) is 3.68. The molecule has 0 aliphatic carbocycles. The monoisotopic (exact) mass is 486 g/mol. The average Bonchev–Trinajstić information content (AvgIpc) is 3.34. The van der Waals surface area contributed by atoms with Crippen molar-refractivity contribution in [2.24, 2.45) is 0 Å². The number of amides is 1. The molecule has 3 rings (SSSR count). The average molecular weight is 487 g/mol. The molecule has 0 fully saturated rings. The number of aromatic nitrogens is 2. The largest absolute Gasteiger partial charge is 0.494 e. The van der Waals surface area contributed by atoms with Gasteiger partial charge >= 0.3 is 0 Å². The summed E-state index contributed by atoms with van der Waals surface area (Å²) < 4.78 is 12.6. The first-order chi connectivity index (χ1) is 17.7. The topological polar surface area (TPSA) is 89.2 Å². The van der Waals surface area contributed by atoms with Crippen molar-refractivity contribution >= 4 is 12.0 Å². The maximum Gasteiger partial charge on any atom is 0.261 e. The van der Waals surface area contributed by atoms with Crippen LogP contribution in [-0.2, 0) is 9.53 Å². The maximum atomic E-state index is 12.6. The Kier molecular flexibility index (Phi) is 10.8. The quantitative estimate of drug-likeness (QED) is 0.183. The summed E-state index contributed by atoms with van der Waals surface area (Å²) in [6, 6.07) is 19.5. The first-order valence-corrected chi connectivity index (χ1v) is 12.4. The lowest BCUT2D eigenvalue weighted by atomic mass is 10.1. The Hall–Kier alpha value is -3.89. The molecular formula is C29H34N4O3. The van der Waals surface area contributed by atoms with Crippen molar-refractivity contribution in [1.29, 1.82) is 5.26 Å². The molecule has 7 heteroatoms. The van der Waals surface area contributed by atoms with Gasteiger partial charge in [-0.1, -0.05) is 44.4 Å². The van der Waals surface area contributed by atoms with Gasteiger partial charge in [0.05, 0.1) is 18.0 Å². The molecule has 0 unspecified atom stereocenters. The van der Waals surface area contributed by atoms with Gasteiger partial charge in [0, 0.05) is 37.6 Å². The Morgan fingerprint density at radius 1 is 1.06 bits per heavy atom. The summed E-state index contributed by atoms with van der Waals surface area (Å²) in [6.07, 6.45) is 8.72. The normalized spacial score (nSPS) is 11.2. The van der Waals surface area contributed by atoms with Crippen LogP contribution in [0.5, 0.6) is 5.75 Å². The van der Waals surface area contributed by atoms with Crippen molar-refractivity contribution < 1.29 is 14.3 Å². The molecule has 0 atom stereocenters. The summed E-state index contributed by atoms with van der Waals surface area (Å²) in [7, 11) is 1.61. The predicted octanol–water partition coefficient (Wildman–Crippen LogP) is 5.56. The van der Waals surface area contributed by atoms with Crippen molar-refractivity contribution in [2.75, 3.05) is 26.9 Å². The Labute approximate surface area is 213 Å². The minimum atomic E-state index is -0.418. The molecule has 0 saturated heterocycles. The van der Waals surface area contributed by atoms with E-state index in [-0.39, 0.29) is 5.57 Å². The predicted molar refractivity (Wildman–Crippen MR) is 142 cm³/mol. The van der Waals surface area contributed by atoms with Crippen LogP contribution in [0, 0.1) is 11.3 Å². The Bertz CT molecular complexity index is 1160. The number of para-hydroxylation sites is 1. The zero-order chi connectivity index (χ0) is 25.6. The number of carbonyl (C=O) groups excluding carboxylic acids is 1. The molecule has 36 heavy (non-hydrogen) atoms. The summed E-state index contributed by atoms with van der Waals surface area (Å²) in [6.45, 7) is 3.86. The molecule has 0 saturated carbocycles. The molecule has 1 heterocycles. The van der Waals surface area contributed by atoms with Crippen LogP contribution >= 0.6 is 0 Å². The highest BCUT2D eigenvalue weighted by Crippen LogP contribution is 2.27. The number of rotatable bonds is 14. The SMILES string of the molecule is CCCCCCOc1ccc(-c2nn(-c3ccccc3)cc2C=C(C#N)C(=O)NCCCOC)cc1. The van der Waals surface area contributed by atoms with E-state index in [1.54, 1.807) is 17.9 Å². The fraction of sp³-hybridized carbons (Fsp3) is 0.345. The van der Waals surface area contributed by atoms with Gasteiger partial charge in [0.1, 0.15) is 17.4 Å². The second kappa shape index (κ2) is 14.5. The van der Waals surface area contributed by atoms with Crippen LogP contribution in [0.1, 0.15) is 44.6 Å². The molecule has 1 amide bonds. The molecule has 1 aromatic heterocycles. The molecule has 0 radical (unpaired) electrons. The van der Waals surface area contributed by atoms with E-state index in [1.807, 2.05) is 66.9 Å². The van der Waals surface area contributed by atoms with Crippen LogP contribution in [-0.4, -0.2) is 42.6 Å². The van der Waals surface area contributed by atoms with Gasteiger partial charge in [-0.3, -0.25) is 4.79 Å². The van der Waals surface area contributed by atoms with Crippen LogP contribution in [0.2, 0.25) is 0 Å². The third-order valence-electron chi connectivity index (χ3n) is 5.63. The summed E-state index contributed by atoms with van der Waals surface area (Å²) >= 11 is 0. The Balaban J connectivity index is 1.85. The lowest BCUT2D eigenvalue weighted by Crippen LogP contribution is -2.26. The van der Waals surface area contributed by atoms with Crippen LogP contribution in [0.3, 0.4) is 0 Å². The van der Waals surface area contributed by atoms with E-state index in [2.05, 4.69) is 12.2 Å². The molecular weight excluding hydrogens is 452 g/mol. The minimum Gasteiger partial charge on any atom is -0.494 e. The molecule has 3 aromatic rings. The fourth-order valence-corrected chi connectivity index (χ4v) is 3.68. The molecule has 2 aromatic carbocycles. The number of nitrogens with one attached hydrogen (secondary N) is 1.